The van der Waals surface area contributed by atoms with Gasteiger partial charge in [-0.25, -0.2) is 4.21 Å². The number of aliphatic hydroxyl groups excluding tert-OH is 1. The molecule has 2 atom stereocenters. The van der Waals surface area contributed by atoms with Crippen LogP contribution in [0.5, 0.6) is 0 Å². The van der Waals surface area contributed by atoms with E-state index in [4.69, 9.17) is 0 Å². The van der Waals surface area contributed by atoms with Crippen molar-refractivity contribution in [3.05, 3.63) is 108 Å². The van der Waals surface area contributed by atoms with E-state index in [1.807, 2.05) is 48.5 Å². The van der Waals surface area contributed by atoms with Gasteiger partial charge in [0.2, 0.25) is 0 Å². The summed E-state index contributed by atoms with van der Waals surface area (Å²) in [4.78, 5) is 1.44. The summed E-state index contributed by atoms with van der Waals surface area (Å²) in [6, 6.07) is 30.1. The summed E-state index contributed by atoms with van der Waals surface area (Å²) in [6.07, 6.45) is 0. The number of fused-ring (bicyclic) bond motifs is 1. The Morgan fingerprint density at radius 2 is 1.40 bits per heavy atom. The van der Waals surface area contributed by atoms with Gasteiger partial charge in [0, 0.05) is 22.4 Å². The lowest BCUT2D eigenvalue weighted by Crippen LogP contribution is -2.19. The molecule has 4 aromatic rings. The summed E-state index contributed by atoms with van der Waals surface area (Å²) in [5.41, 5.74) is 2.94. The highest BCUT2D eigenvalue weighted by molar-refractivity contribution is 7.85. The lowest BCUT2D eigenvalue weighted by molar-refractivity contribution is 0.278. The van der Waals surface area contributed by atoms with Crippen LogP contribution in [0.15, 0.2) is 101 Å². The quantitative estimate of drug-likeness (QED) is 0.428. The van der Waals surface area contributed by atoms with Crippen LogP contribution in [0.2, 0.25) is 0 Å². The first-order valence-electron chi connectivity index (χ1n) is 10.1. The van der Waals surface area contributed by atoms with E-state index >= 15 is 0 Å². The highest BCUT2D eigenvalue weighted by Gasteiger charge is 2.16. The topological polar surface area (TPSA) is 49.3 Å². The molecule has 152 valence electrons. The molecule has 0 saturated heterocycles. The molecule has 0 aliphatic carbocycles. The highest BCUT2D eigenvalue weighted by Crippen LogP contribution is 2.26. The maximum Gasteiger partial charge on any atom is 0.0856 e. The fourth-order valence-electron chi connectivity index (χ4n) is 3.77. The van der Waals surface area contributed by atoms with Crippen LogP contribution >= 0.6 is 0 Å². The summed E-state index contributed by atoms with van der Waals surface area (Å²) in [5.74, 6) is 0. The molecular weight excluding hydrogens is 390 g/mol. The standard InChI is InChI=1S/C26H25NO2S/c1-19(23-14-8-12-20-9-2-5-13-24(20)23)27-17-21-10-3-6-15-25(21)30(29)26-16-7-4-11-22(26)18-28/h2-16,19,27-28H,17-18H2,1H3/t19-,30-/m1/s1. The smallest absolute Gasteiger partial charge is 0.0856 e. The van der Waals surface area contributed by atoms with Gasteiger partial charge in [-0.05, 0) is 46.5 Å². The predicted octanol–water partition coefficient (Wildman–Crippen LogP) is 5.35. The molecule has 30 heavy (non-hydrogen) atoms. The van der Waals surface area contributed by atoms with E-state index in [0.29, 0.717) is 17.0 Å². The summed E-state index contributed by atoms with van der Waals surface area (Å²) >= 11 is 0. The molecule has 0 aliphatic rings. The summed E-state index contributed by atoms with van der Waals surface area (Å²) in [5, 5.41) is 15.7. The number of aliphatic hydroxyl groups is 1. The number of nitrogens with one attached hydrogen (secondary N) is 1. The Morgan fingerprint density at radius 3 is 2.17 bits per heavy atom. The van der Waals surface area contributed by atoms with Crippen LogP contribution < -0.4 is 5.32 Å². The minimum Gasteiger partial charge on any atom is -0.392 e. The van der Waals surface area contributed by atoms with Crippen LogP contribution in [0.3, 0.4) is 0 Å². The summed E-state index contributed by atoms with van der Waals surface area (Å²) in [6.45, 7) is 2.64. The Kier molecular flexibility index (Phi) is 6.38. The fourth-order valence-corrected chi connectivity index (χ4v) is 5.16. The molecule has 0 radical (unpaired) electrons. The molecule has 4 rings (SSSR count). The van der Waals surface area contributed by atoms with Crippen molar-refractivity contribution in [1.82, 2.24) is 5.32 Å². The van der Waals surface area contributed by atoms with Crippen molar-refractivity contribution in [3.8, 4) is 0 Å². The first kappa shape index (κ1) is 20.5. The van der Waals surface area contributed by atoms with Crippen molar-refractivity contribution in [2.24, 2.45) is 0 Å². The summed E-state index contributed by atoms with van der Waals surface area (Å²) in [7, 11) is -1.35. The van der Waals surface area contributed by atoms with Gasteiger partial charge in [-0.2, -0.15) is 0 Å². The second kappa shape index (κ2) is 9.35. The van der Waals surface area contributed by atoms with Gasteiger partial charge in [-0.15, -0.1) is 0 Å². The van der Waals surface area contributed by atoms with E-state index in [0.717, 1.165) is 10.5 Å². The monoisotopic (exact) mass is 415 g/mol. The molecule has 0 saturated carbocycles. The van der Waals surface area contributed by atoms with Crippen molar-refractivity contribution in [2.45, 2.75) is 35.9 Å². The normalized spacial score (nSPS) is 13.3. The van der Waals surface area contributed by atoms with Crippen molar-refractivity contribution >= 4 is 21.6 Å². The van der Waals surface area contributed by atoms with Gasteiger partial charge >= 0.3 is 0 Å². The molecular formula is C26H25NO2S. The van der Waals surface area contributed by atoms with Gasteiger partial charge in [-0.1, -0.05) is 78.9 Å². The molecule has 0 bridgehead atoms. The fraction of sp³-hybridized carbons (Fsp3) is 0.154. The second-order valence-corrected chi connectivity index (χ2v) is 8.73. The molecule has 0 fully saturated rings. The van der Waals surface area contributed by atoms with E-state index in [9.17, 15) is 9.32 Å². The zero-order valence-electron chi connectivity index (χ0n) is 16.9. The van der Waals surface area contributed by atoms with Gasteiger partial charge in [0.15, 0.2) is 0 Å². The van der Waals surface area contributed by atoms with Crippen LogP contribution in [0.25, 0.3) is 10.8 Å². The van der Waals surface area contributed by atoms with E-state index in [1.54, 1.807) is 0 Å². The predicted molar refractivity (Wildman–Crippen MR) is 123 cm³/mol. The molecule has 2 N–H and O–H groups in total. The lowest BCUT2D eigenvalue weighted by atomic mass is 9.99. The molecule has 3 nitrogen and oxygen atoms in total. The molecule has 0 amide bonds. The lowest BCUT2D eigenvalue weighted by Gasteiger charge is -2.18. The Bertz CT molecular complexity index is 1180. The van der Waals surface area contributed by atoms with Gasteiger partial charge in [-0.3, -0.25) is 0 Å². The largest absolute Gasteiger partial charge is 0.392 e. The minimum absolute atomic E-state index is 0.125. The Balaban J connectivity index is 1.58. The van der Waals surface area contributed by atoms with Crippen LogP contribution in [-0.2, 0) is 24.0 Å². The SMILES string of the molecule is C[C@@H](NCc1ccccc1[S@@](=O)c1ccccc1CO)c1cccc2ccccc12. The van der Waals surface area contributed by atoms with E-state index in [-0.39, 0.29) is 12.6 Å². The highest BCUT2D eigenvalue weighted by atomic mass is 32.2. The van der Waals surface area contributed by atoms with Crippen LogP contribution in [-0.4, -0.2) is 9.32 Å². The molecule has 0 aliphatic heterocycles. The third-order valence-electron chi connectivity index (χ3n) is 5.40. The van der Waals surface area contributed by atoms with Crippen LogP contribution in [0, 0.1) is 0 Å². The zero-order valence-corrected chi connectivity index (χ0v) is 17.7. The average molecular weight is 416 g/mol. The number of rotatable bonds is 7. The van der Waals surface area contributed by atoms with Crippen LogP contribution in [0.1, 0.15) is 29.7 Å². The Hall–Kier alpha value is -2.79. The zero-order chi connectivity index (χ0) is 20.9. The van der Waals surface area contributed by atoms with Crippen molar-refractivity contribution in [1.29, 1.82) is 0 Å². The third kappa shape index (κ3) is 4.21. The number of benzene rings is 4. The Labute approximate surface area is 179 Å². The number of hydrogen-bond acceptors (Lipinski definition) is 3. The summed E-state index contributed by atoms with van der Waals surface area (Å²) < 4.78 is 13.3. The van der Waals surface area contributed by atoms with Gasteiger partial charge in [0.25, 0.3) is 0 Å². The van der Waals surface area contributed by atoms with E-state index in [1.165, 1.54) is 16.3 Å². The van der Waals surface area contributed by atoms with Gasteiger partial charge < -0.3 is 10.4 Å². The minimum atomic E-state index is -1.35. The molecule has 0 heterocycles. The van der Waals surface area contributed by atoms with E-state index in [2.05, 4.69) is 54.7 Å². The van der Waals surface area contributed by atoms with Crippen molar-refractivity contribution < 1.29 is 9.32 Å². The van der Waals surface area contributed by atoms with Crippen molar-refractivity contribution in [2.75, 3.05) is 0 Å². The van der Waals surface area contributed by atoms with Crippen molar-refractivity contribution in [3.63, 3.8) is 0 Å². The number of hydrogen-bond donors (Lipinski definition) is 2. The maximum atomic E-state index is 13.3. The first-order chi connectivity index (χ1) is 14.7. The maximum absolute atomic E-state index is 13.3. The Morgan fingerprint density at radius 1 is 0.800 bits per heavy atom. The molecule has 0 aromatic heterocycles. The average Bonchev–Trinajstić information content (AvgIpc) is 2.81. The molecule has 4 heteroatoms. The van der Waals surface area contributed by atoms with Gasteiger partial charge in [0.1, 0.15) is 0 Å². The van der Waals surface area contributed by atoms with Crippen LogP contribution in [0.4, 0.5) is 0 Å². The first-order valence-corrected chi connectivity index (χ1v) is 11.2. The van der Waals surface area contributed by atoms with E-state index < -0.39 is 10.8 Å². The third-order valence-corrected chi connectivity index (χ3v) is 7.00. The molecule has 0 unspecified atom stereocenters. The van der Waals surface area contributed by atoms with Gasteiger partial charge in [0.05, 0.1) is 17.4 Å². The molecule has 0 spiro atoms. The molecule has 4 aromatic carbocycles. The second-order valence-electron chi connectivity index (χ2n) is 7.31.